The van der Waals surface area contributed by atoms with Crippen LogP contribution < -0.4 is 5.32 Å². The molecular formula is C16H31N3. The molecule has 3 heterocycles. The number of nitrogens with one attached hydrogen (secondary N) is 1. The van der Waals surface area contributed by atoms with Crippen LogP contribution in [0, 0.1) is 5.41 Å². The van der Waals surface area contributed by atoms with Crippen LogP contribution in [-0.2, 0) is 0 Å². The lowest BCUT2D eigenvalue weighted by molar-refractivity contribution is 0.140. The first kappa shape index (κ1) is 13.8. The Morgan fingerprint density at radius 2 is 2.05 bits per heavy atom. The summed E-state index contributed by atoms with van der Waals surface area (Å²) in [4.78, 5) is 5.46. The second-order valence-electron chi connectivity index (χ2n) is 7.25. The van der Waals surface area contributed by atoms with Crippen molar-refractivity contribution in [3.63, 3.8) is 0 Å². The Morgan fingerprint density at radius 3 is 2.79 bits per heavy atom. The molecule has 3 atom stereocenters. The molecular weight excluding hydrogens is 234 g/mol. The summed E-state index contributed by atoms with van der Waals surface area (Å²) < 4.78 is 0. The molecule has 0 aromatic rings. The van der Waals surface area contributed by atoms with E-state index >= 15 is 0 Å². The van der Waals surface area contributed by atoms with Crippen molar-refractivity contribution in [1.29, 1.82) is 0 Å². The third-order valence-corrected chi connectivity index (χ3v) is 5.90. The third-order valence-electron chi connectivity index (χ3n) is 5.90. The van der Waals surface area contributed by atoms with Crippen LogP contribution in [0.5, 0.6) is 0 Å². The lowest BCUT2D eigenvalue weighted by Crippen LogP contribution is -2.43. The van der Waals surface area contributed by atoms with Gasteiger partial charge in [-0.1, -0.05) is 13.3 Å². The standard InChI is InChI=1S/C16H31N3/c1-3-7-16(8-9-17-12-16)13-19-10-6-14-4-5-15(11-19)18(14)2/h14-15,17H,3-13H2,1-2H3. The average molecular weight is 265 g/mol. The second-order valence-corrected chi connectivity index (χ2v) is 7.25. The average Bonchev–Trinajstić information content (AvgIpc) is 2.91. The van der Waals surface area contributed by atoms with Gasteiger partial charge in [0.15, 0.2) is 0 Å². The first-order chi connectivity index (χ1) is 9.22. The van der Waals surface area contributed by atoms with Gasteiger partial charge in [0, 0.05) is 31.7 Å². The summed E-state index contributed by atoms with van der Waals surface area (Å²) >= 11 is 0. The van der Waals surface area contributed by atoms with Gasteiger partial charge in [0.2, 0.25) is 0 Å². The third kappa shape index (κ3) is 2.84. The van der Waals surface area contributed by atoms with Gasteiger partial charge in [-0.05, 0) is 57.7 Å². The lowest BCUT2D eigenvalue weighted by atomic mass is 9.81. The zero-order chi connectivity index (χ0) is 13.3. The van der Waals surface area contributed by atoms with E-state index in [9.17, 15) is 0 Å². The highest BCUT2D eigenvalue weighted by atomic mass is 15.3. The van der Waals surface area contributed by atoms with Gasteiger partial charge >= 0.3 is 0 Å². The smallest absolute Gasteiger partial charge is 0.0223 e. The van der Waals surface area contributed by atoms with Crippen molar-refractivity contribution in [2.75, 3.05) is 39.8 Å². The highest BCUT2D eigenvalue weighted by molar-refractivity contribution is 4.95. The van der Waals surface area contributed by atoms with Gasteiger partial charge in [-0.25, -0.2) is 0 Å². The predicted molar refractivity (Wildman–Crippen MR) is 80.5 cm³/mol. The molecule has 3 heteroatoms. The molecule has 19 heavy (non-hydrogen) atoms. The van der Waals surface area contributed by atoms with Crippen LogP contribution in [0.2, 0.25) is 0 Å². The molecule has 2 bridgehead atoms. The van der Waals surface area contributed by atoms with E-state index in [1.165, 1.54) is 71.2 Å². The fourth-order valence-corrected chi connectivity index (χ4v) is 4.75. The van der Waals surface area contributed by atoms with E-state index < -0.39 is 0 Å². The SMILES string of the molecule is CCCC1(CN2CCC3CCC(C2)N3C)CCNC1. The monoisotopic (exact) mass is 265 g/mol. The van der Waals surface area contributed by atoms with E-state index in [1.807, 2.05) is 0 Å². The number of likely N-dealkylation sites (tertiary alicyclic amines) is 1. The Morgan fingerprint density at radius 1 is 1.21 bits per heavy atom. The van der Waals surface area contributed by atoms with Crippen LogP contribution >= 0.6 is 0 Å². The second kappa shape index (κ2) is 5.71. The van der Waals surface area contributed by atoms with Gasteiger partial charge in [0.25, 0.3) is 0 Å². The fourth-order valence-electron chi connectivity index (χ4n) is 4.75. The zero-order valence-corrected chi connectivity index (χ0v) is 12.8. The largest absolute Gasteiger partial charge is 0.316 e. The van der Waals surface area contributed by atoms with E-state index in [0.717, 1.165) is 12.1 Å². The van der Waals surface area contributed by atoms with Crippen LogP contribution in [0.4, 0.5) is 0 Å². The highest BCUT2D eigenvalue weighted by Crippen LogP contribution is 2.35. The van der Waals surface area contributed by atoms with Crippen LogP contribution in [-0.4, -0.2) is 61.7 Å². The molecule has 0 amide bonds. The van der Waals surface area contributed by atoms with Crippen molar-refractivity contribution in [3.05, 3.63) is 0 Å². The Labute approximate surface area is 118 Å². The number of hydrogen-bond acceptors (Lipinski definition) is 3. The summed E-state index contributed by atoms with van der Waals surface area (Å²) in [5, 5.41) is 3.61. The Kier molecular flexibility index (Phi) is 4.16. The van der Waals surface area contributed by atoms with E-state index in [1.54, 1.807) is 0 Å². The molecule has 3 nitrogen and oxygen atoms in total. The predicted octanol–water partition coefficient (Wildman–Crippen LogP) is 1.93. The van der Waals surface area contributed by atoms with Crippen molar-refractivity contribution >= 4 is 0 Å². The normalized spacial score (nSPS) is 40.7. The van der Waals surface area contributed by atoms with Crippen LogP contribution in [0.3, 0.4) is 0 Å². The van der Waals surface area contributed by atoms with Crippen LogP contribution in [0.25, 0.3) is 0 Å². The molecule has 0 saturated carbocycles. The van der Waals surface area contributed by atoms with E-state index in [2.05, 4.69) is 29.1 Å². The Balaban J connectivity index is 1.63. The van der Waals surface area contributed by atoms with E-state index in [4.69, 9.17) is 0 Å². The molecule has 3 fully saturated rings. The summed E-state index contributed by atoms with van der Waals surface area (Å²) in [5.41, 5.74) is 0.580. The molecule has 1 N–H and O–H groups in total. The number of nitrogens with zero attached hydrogens (tertiary/aromatic N) is 2. The van der Waals surface area contributed by atoms with Gasteiger partial charge in [0.1, 0.15) is 0 Å². The maximum Gasteiger partial charge on any atom is 0.0223 e. The molecule has 0 radical (unpaired) electrons. The van der Waals surface area contributed by atoms with Crippen molar-refractivity contribution in [3.8, 4) is 0 Å². The Hall–Kier alpha value is -0.120. The summed E-state index contributed by atoms with van der Waals surface area (Å²) in [6.45, 7) is 8.82. The van der Waals surface area contributed by atoms with E-state index in [-0.39, 0.29) is 0 Å². The van der Waals surface area contributed by atoms with Gasteiger partial charge in [-0.15, -0.1) is 0 Å². The maximum absolute atomic E-state index is 3.61. The quantitative estimate of drug-likeness (QED) is 0.838. The summed E-state index contributed by atoms with van der Waals surface area (Å²) in [6.07, 6.45) is 8.39. The number of likely N-dealkylation sites (N-methyl/N-ethyl adjacent to an activating group) is 1. The minimum atomic E-state index is 0.580. The van der Waals surface area contributed by atoms with Crippen molar-refractivity contribution in [2.45, 2.75) is 57.5 Å². The molecule has 110 valence electrons. The topological polar surface area (TPSA) is 18.5 Å². The fraction of sp³-hybridized carbons (Fsp3) is 1.00. The molecule has 3 saturated heterocycles. The number of rotatable bonds is 4. The van der Waals surface area contributed by atoms with Crippen molar-refractivity contribution < 1.29 is 0 Å². The van der Waals surface area contributed by atoms with Gasteiger partial charge in [-0.2, -0.15) is 0 Å². The molecule has 0 aromatic heterocycles. The molecule has 3 rings (SSSR count). The molecule has 3 aliphatic rings. The minimum absolute atomic E-state index is 0.580. The van der Waals surface area contributed by atoms with Gasteiger partial charge in [-0.3, -0.25) is 4.90 Å². The number of hydrogen-bond donors (Lipinski definition) is 1. The first-order valence-corrected chi connectivity index (χ1v) is 8.37. The number of fused-ring (bicyclic) bond motifs is 2. The van der Waals surface area contributed by atoms with E-state index in [0.29, 0.717) is 5.41 Å². The molecule has 3 aliphatic heterocycles. The van der Waals surface area contributed by atoms with Crippen molar-refractivity contribution in [1.82, 2.24) is 15.1 Å². The molecule has 0 aliphatic carbocycles. The molecule has 3 unspecified atom stereocenters. The maximum atomic E-state index is 3.61. The van der Waals surface area contributed by atoms with Crippen LogP contribution in [0.15, 0.2) is 0 Å². The summed E-state index contributed by atoms with van der Waals surface area (Å²) in [6, 6.07) is 1.71. The van der Waals surface area contributed by atoms with Crippen LogP contribution in [0.1, 0.15) is 45.4 Å². The summed E-state index contributed by atoms with van der Waals surface area (Å²) in [5.74, 6) is 0. The highest BCUT2D eigenvalue weighted by Gasteiger charge is 2.39. The zero-order valence-electron chi connectivity index (χ0n) is 12.8. The van der Waals surface area contributed by atoms with Gasteiger partial charge < -0.3 is 10.2 Å². The Bertz CT molecular complexity index is 298. The minimum Gasteiger partial charge on any atom is -0.316 e. The van der Waals surface area contributed by atoms with Gasteiger partial charge in [0.05, 0.1) is 0 Å². The molecule has 0 spiro atoms. The summed E-state index contributed by atoms with van der Waals surface area (Å²) in [7, 11) is 2.35. The molecule has 0 aromatic carbocycles. The lowest BCUT2D eigenvalue weighted by Gasteiger charge is -2.36. The first-order valence-electron chi connectivity index (χ1n) is 8.37. The van der Waals surface area contributed by atoms with Crippen molar-refractivity contribution in [2.24, 2.45) is 5.41 Å².